The highest BCUT2D eigenvalue weighted by Crippen LogP contribution is 2.07. The zero-order chi connectivity index (χ0) is 41.2. The number of carbonyl (C=O) groups excluding carboxylic acids is 3. The van der Waals surface area contributed by atoms with E-state index in [1.54, 1.807) is 36.4 Å². The van der Waals surface area contributed by atoms with Crippen molar-refractivity contribution < 1.29 is 41.8 Å². The second kappa shape index (κ2) is 26.1. The van der Waals surface area contributed by atoms with Crippen LogP contribution in [0.5, 0.6) is 0 Å². The average Bonchev–Trinajstić information content (AvgIpc) is 4.04. The highest BCUT2D eigenvalue weighted by molar-refractivity contribution is 5.67. The standard InChI is InChI=1S/C40H56N6O12/c47-35(56-29-32-17-14-26-53-32)41-20-8-2-1-5-11-23-44-38(50)45(24-12-6-3-9-21-42-36(48)57-30-33-18-15-27-54-33)40(52)46(39(44)51)25-13-7-4-10-22-43-37(49)58-31-34-19-16-28-55-34/h14-19,26-28H,1-13,20-25,29-31H2,(H,41,47)(H,42,48)(H,43,49). The van der Waals surface area contributed by atoms with E-state index in [4.69, 9.17) is 27.5 Å². The highest BCUT2D eigenvalue weighted by Gasteiger charge is 2.15. The fourth-order valence-electron chi connectivity index (χ4n) is 6.00. The van der Waals surface area contributed by atoms with Crippen LogP contribution in [0, 0.1) is 0 Å². The van der Waals surface area contributed by atoms with Gasteiger partial charge in [-0.3, -0.25) is 0 Å². The van der Waals surface area contributed by atoms with Crippen molar-refractivity contribution in [3.63, 3.8) is 0 Å². The Morgan fingerprint density at radius 2 is 0.707 bits per heavy atom. The minimum atomic E-state index is -0.622. The highest BCUT2D eigenvalue weighted by atomic mass is 16.6. The number of hydrogen-bond acceptors (Lipinski definition) is 12. The molecule has 0 unspecified atom stereocenters. The summed E-state index contributed by atoms with van der Waals surface area (Å²) in [5.74, 6) is 1.65. The Balaban J connectivity index is 1.19. The molecule has 18 heteroatoms. The molecule has 3 amide bonds. The van der Waals surface area contributed by atoms with Gasteiger partial charge in [-0.15, -0.1) is 0 Å². The van der Waals surface area contributed by atoms with Gasteiger partial charge < -0.3 is 43.4 Å². The molecule has 4 aromatic rings. The van der Waals surface area contributed by atoms with Gasteiger partial charge in [0.05, 0.1) is 18.8 Å². The molecule has 0 fully saturated rings. The van der Waals surface area contributed by atoms with Crippen LogP contribution in [0.15, 0.2) is 82.8 Å². The van der Waals surface area contributed by atoms with Crippen LogP contribution in [0.3, 0.4) is 0 Å². The molecular formula is C40H56N6O12. The summed E-state index contributed by atoms with van der Waals surface area (Å²) in [6, 6.07) is 10.3. The van der Waals surface area contributed by atoms with Crippen molar-refractivity contribution in [2.24, 2.45) is 0 Å². The number of carbonyl (C=O) groups is 3. The molecule has 4 aromatic heterocycles. The first-order valence-electron chi connectivity index (χ1n) is 20.1. The summed E-state index contributed by atoms with van der Waals surface area (Å²) in [6.45, 7) is 1.93. The summed E-state index contributed by atoms with van der Waals surface area (Å²) in [5, 5.41) is 8.10. The summed E-state index contributed by atoms with van der Waals surface area (Å²) in [6.07, 6.45) is 12.0. The molecule has 4 heterocycles. The number of nitrogens with zero attached hydrogens (tertiary/aromatic N) is 3. The summed E-state index contributed by atoms with van der Waals surface area (Å²) in [4.78, 5) is 76.2. The number of unbranched alkanes of at least 4 members (excludes halogenated alkanes) is 10. The fourth-order valence-corrected chi connectivity index (χ4v) is 6.00. The third-order valence-corrected chi connectivity index (χ3v) is 9.15. The third kappa shape index (κ3) is 16.7. The number of hydrogen-bond donors (Lipinski definition) is 3. The Labute approximate surface area is 335 Å². The number of aromatic nitrogens is 3. The molecule has 0 saturated carbocycles. The van der Waals surface area contributed by atoms with Crippen molar-refractivity contribution in [2.75, 3.05) is 19.6 Å². The van der Waals surface area contributed by atoms with E-state index in [1.807, 2.05) is 0 Å². The van der Waals surface area contributed by atoms with E-state index in [2.05, 4.69) is 16.0 Å². The van der Waals surface area contributed by atoms with Gasteiger partial charge in [-0.1, -0.05) is 44.9 Å². The number of amides is 3. The molecule has 0 radical (unpaired) electrons. The predicted molar refractivity (Wildman–Crippen MR) is 210 cm³/mol. The summed E-state index contributed by atoms with van der Waals surface area (Å²) >= 11 is 0. The van der Waals surface area contributed by atoms with Gasteiger partial charge in [-0.05, 0) is 74.9 Å². The molecule has 0 spiro atoms. The van der Waals surface area contributed by atoms with E-state index < -0.39 is 35.3 Å². The number of alkyl carbamates (subject to hydrolysis) is 3. The summed E-state index contributed by atoms with van der Waals surface area (Å²) in [5.41, 5.74) is -1.85. The van der Waals surface area contributed by atoms with Crippen LogP contribution in [-0.2, 0) is 53.7 Å². The van der Waals surface area contributed by atoms with Gasteiger partial charge in [0.25, 0.3) is 0 Å². The van der Waals surface area contributed by atoms with E-state index in [0.717, 1.165) is 52.2 Å². The molecule has 3 N–H and O–H groups in total. The second-order valence-corrected chi connectivity index (χ2v) is 13.6. The first-order chi connectivity index (χ1) is 28.3. The van der Waals surface area contributed by atoms with Crippen LogP contribution >= 0.6 is 0 Å². The largest absolute Gasteiger partial charge is 0.466 e. The summed E-state index contributed by atoms with van der Waals surface area (Å²) in [7, 11) is 0. The maximum absolute atomic E-state index is 13.5. The number of rotatable bonds is 28. The maximum Gasteiger partial charge on any atom is 0.407 e. The number of nitrogens with one attached hydrogen (secondary N) is 3. The van der Waals surface area contributed by atoms with Gasteiger partial charge in [0.15, 0.2) is 19.8 Å². The fraction of sp³-hybridized carbons (Fsp3) is 0.550. The maximum atomic E-state index is 13.5. The molecule has 318 valence electrons. The van der Waals surface area contributed by atoms with Crippen LogP contribution in [0.1, 0.15) is 101 Å². The number of ether oxygens (including phenoxy) is 3. The molecule has 0 aliphatic rings. The van der Waals surface area contributed by atoms with Crippen molar-refractivity contribution in [3.8, 4) is 0 Å². The van der Waals surface area contributed by atoms with E-state index in [9.17, 15) is 28.8 Å². The Hall–Kier alpha value is -5.94. The molecular weight excluding hydrogens is 756 g/mol. The van der Waals surface area contributed by atoms with Crippen molar-refractivity contribution in [1.82, 2.24) is 29.7 Å². The van der Waals surface area contributed by atoms with Gasteiger partial charge in [0, 0.05) is 39.3 Å². The van der Waals surface area contributed by atoms with Crippen LogP contribution in [-0.4, -0.2) is 51.6 Å². The molecule has 0 aliphatic heterocycles. The van der Waals surface area contributed by atoms with Crippen molar-refractivity contribution in [1.29, 1.82) is 0 Å². The third-order valence-electron chi connectivity index (χ3n) is 9.15. The predicted octanol–water partition coefficient (Wildman–Crippen LogP) is 5.80. The van der Waals surface area contributed by atoms with Crippen LogP contribution < -0.4 is 33.0 Å². The normalized spacial score (nSPS) is 11.0. The van der Waals surface area contributed by atoms with E-state index in [1.165, 1.54) is 18.8 Å². The lowest BCUT2D eigenvalue weighted by atomic mass is 10.1. The second-order valence-electron chi connectivity index (χ2n) is 13.6. The zero-order valence-corrected chi connectivity index (χ0v) is 33.0. The number of furan rings is 3. The minimum Gasteiger partial charge on any atom is -0.466 e. The monoisotopic (exact) mass is 812 g/mol. The topological polar surface area (TPSA) is 220 Å². The first kappa shape index (κ1) is 44.8. The Morgan fingerprint density at radius 1 is 0.431 bits per heavy atom. The molecule has 0 aliphatic carbocycles. The van der Waals surface area contributed by atoms with Crippen LogP contribution in [0.2, 0.25) is 0 Å². The van der Waals surface area contributed by atoms with Crippen molar-refractivity contribution in [3.05, 3.63) is 104 Å². The van der Waals surface area contributed by atoms with Gasteiger partial charge in [0.1, 0.15) is 17.3 Å². The molecule has 0 saturated heterocycles. The molecule has 4 rings (SSSR count). The lowest BCUT2D eigenvalue weighted by Gasteiger charge is -2.14. The average molecular weight is 813 g/mol. The Kier molecular flexibility index (Phi) is 20.1. The molecule has 0 atom stereocenters. The zero-order valence-electron chi connectivity index (χ0n) is 33.0. The smallest absolute Gasteiger partial charge is 0.407 e. The van der Waals surface area contributed by atoms with Crippen LogP contribution in [0.25, 0.3) is 0 Å². The Morgan fingerprint density at radius 3 is 0.983 bits per heavy atom. The van der Waals surface area contributed by atoms with Gasteiger partial charge in [-0.25, -0.2) is 42.5 Å². The Bertz CT molecular complexity index is 1830. The van der Waals surface area contributed by atoms with E-state index in [0.29, 0.717) is 81.9 Å². The molecule has 0 bridgehead atoms. The quantitative estimate of drug-likeness (QED) is 0.0458. The van der Waals surface area contributed by atoms with E-state index >= 15 is 0 Å². The van der Waals surface area contributed by atoms with E-state index in [-0.39, 0.29) is 39.5 Å². The van der Waals surface area contributed by atoms with Crippen molar-refractivity contribution in [2.45, 2.75) is 123 Å². The van der Waals surface area contributed by atoms with Crippen molar-refractivity contribution >= 4 is 18.3 Å². The SMILES string of the molecule is O=C(NCCCCCCCn1c(=O)n(CCCCCCNC(=O)OCc2ccco2)c(=O)n(CCCCCCNC(=O)OCc2ccco2)c1=O)OCc1ccco1. The molecule has 58 heavy (non-hydrogen) atoms. The van der Waals surface area contributed by atoms with Gasteiger partial charge >= 0.3 is 35.3 Å². The first-order valence-corrected chi connectivity index (χ1v) is 20.1. The van der Waals surface area contributed by atoms with Crippen LogP contribution in [0.4, 0.5) is 14.4 Å². The minimum absolute atomic E-state index is 0.0443. The van der Waals surface area contributed by atoms with Gasteiger partial charge in [-0.2, -0.15) is 0 Å². The molecule has 0 aromatic carbocycles. The summed E-state index contributed by atoms with van der Waals surface area (Å²) < 4.78 is 34.2. The lowest BCUT2D eigenvalue weighted by molar-refractivity contribution is 0.130. The molecule has 18 nitrogen and oxygen atoms in total. The van der Waals surface area contributed by atoms with Gasteiger partial charge in [0.2, 0.25) is 0 Å². The lowest BCUT2D eigenvalue weighted by Crippen LogP contribution is -2.54.